The number of ether oxygens (including phenoxy) is 3. The van der Waals surface area contributed by atoms with Crippen LogP contribution in [0.4, 0.5) is 0 Å². The van der Waals surface area contributed by atoms with Gasteiger partial charge in [0.1, 0.15) is 6.10 Å². The molecule has 0 unspecified atom stereocenters. The van der Waals surface area contributed by atoms with Gasteiger partial charge in [-0.3, -0.25) is 0 Å². The Kier molecular flexibility index (Phi) is 5.48. The van der Waals surface area contributed by atoms with Crippen LogP contribution in [0.2, 0.25) is 0 Å². The third kappa shape index (κ3) is 3.85. The summed E-state index contributed by atoms with van der Waals surface area (Å²) in [5, 5.41) is 0. The largest absolute Gasteiger partial charge is 0.493 e. The molecule has 1 aromatic rings. The average Bonchev–Trinajstić information content (AvgIpc) is 2.47. The predicted molar refractivity (Wildman–Crippen MR) is 74.8 cm³/mol. The van der Waals surface area contributed by atoms with Crippen LogP contribution >= 0.6 is 0 Å². The number of nitrogens with two attached hydrogens (primary N) is 1. The van der Waals surface area contributed by atoms with Crippen LogP contribution in [0.5, 0.6) is 11.5 Å². The normalized spacial score (nSPS) is 16.3. The van der Waals surface area contributed by atoms with Crippen molar-refractivity contribution in [3.05, 3.63) is 23.8 Å². The van der Waals surface area contributed by atoms with E-state index in [1.165, 1.54) is 5.56 Å². The lowest BCUT2D eigenvalue weighted by Crippen LogP contribution is -2.26. The van der Waals surface area contributed by atoms with E-state index in [9.17, 15) is 0 Å². The Bertz CT molecular complexity index is 389. The predicted octanol–water partition coefficient (Wildman–Crippen LogP) is 2.14. The molecular formula is C15H23NO3. The van der Waals surface area contributed by atoms with Gasteiger partial charge in [0.2, 0.25) is 0 Å². The minimum absolute atomic E-state index is 0.224. The van der Waals surface area contributed by atoms with Crippen LogP contribution in [0.15, 0.2) is 18.2 Å². The minimum atomic E-state index is 0.224. The molecule has 19 heavy (non-hydrogen) atoms. The van der Waals surface area contributed by atoms with Gasteiger partial charge in [0.15, 0.2) is 11.5 Å². The van der Waals surface area contributed by atoms with Crippen molar-refractivity contribution < 1.29 is 14.2 Å². The monoisotopic (exact) mass is 265 g/mol. The number of aryl methyl sites for hydroxylation is 1. The summed E-state index contributed by atoms with van der Waals surface area (Å²) in [5.41, 5.74) is 6.77. The van der Waals surface area contributed by atoms with Crippen LogP contribution in [0.25, 0.3) is 0 Å². The topological polar surface area (TPSA) is 53.7 Å². The first-order valence-electron chi connectivity index (χ1n) is 6.95. The molecular weight excluding hydrogens is 242 g/mol. The summed E-state index contributed by atoms with van der Waals surface area (Å²) in [5.74, 6) is 1.69. The van der Waals surface area contributed by atoms with Crippen molar-refractivity contribution in [3.8, 4) is 11.5 Å². The van der Waals surface area contributed by atoms with Crippen LogP contribution in [0, 0.1) is 0 Å². The third-order valence-electron chi connectivity index (χ3n) is 3.38. The van der Waals surface area contributed by atoms with Crippen LogP contribution in [-0.4, -0.2) is 33.0 Å². The summed E-state index contributed by atoms with van der Waals surface area (Å²) in [4.78, 5) is 0. The first-order chi connectivity index (χ1) is 9.35. The molecule has 2 N–H and O–H groups in total. The van der Waals surface area contributed by atoms with Gasteiger partial charge in [0.05, 0.1) is 20.3 Å². The third-order valence-corrected chi connectivity index (χ3v) is 3.38. The average molecular weight is 265 g/mol. The summed E-state index contributed by atoms with van der Waals surface area (Å²) < 4.78 is 16.9. The van der Waals surface area contributed by atoms with Gasteiger partial charge in [-0.1, -0.05) is 12.1 Å². The summed E-state index contributed by atoms with van der Waals surface area (Å²) in [7, 11) is 1.68. The maximum absolute atomic E-state index is 6.16. The summed E-state index contributed by atoms with van der Waals surface area (Å²) >= 11 is 0. The van der Waals surface area contributed by atoms with E-state index in [1.807, 2.05) is 12.1 Å². The van der Waals surface area contributed by atoms with E-state index < -0.39 is 0 Å². The molecule has 4 heteroatoms. The Hall–Kier alpha value is -1.26. The van der Waals surface area contributed by atoms with E-state index in [2.05, 4.69) is 6.07 Å². The zero-order valence-electron chi connectivity index (χ0n) is 11.6. The van der Waals surface area contributed by atoms with Gasteiger partial charge >= 0.3 is 0 Å². The Morgan fingerprint density at radius 1 is 1.32 bits per heavy atom. The standard InChI is InChI=1S/C15H23NO3/c1-17-14-6-2-4-12(5-3-9-16)15(14)19-13-7-10-18-11-8-13/h2,4,6,13H,3,5,7-11,16H2,1H3. The second-order valence-electron chi connectivity index (χ2n) is 4.77. The van der Waals surface area contributed by atoms with Gasteiger partial charge in [0, 0.05) is 12.8 Å². The molecule has 1 aromatic carbocycles. The molecule has 0 spiro atoms. The number of benzene rings is 1. The molecule has 0 atom stereocenters. The van der Waals surface area contributed by atoms with Gasteiger partial charge in [-0.25, -0.2) is 0 Å². The fourth-order valence-electron chi connectivity index (χ4n) is 2.31. The second kappa shape index (κ2) is 7.36. The van der Waals surface area contributed by atoms with E-state index in [1.54, 1.807) is 7.11 Å². The first-order valence-corrected chi connectivity index (χ1v) is 6.95. The fourth-order valence-corrected chi connectivity index (χ4v) is 2.31. The van der Waals surface area contributed by atoms with Crippen LogP contribution in [0.3, 0.4) is 0 Å². The maximum atomic E-state index is 6.16. The Balaban J connectivity index is 2.14. The molecule has 4 nitrogen and oxygen atoms in total. The van der Waals surface area contributed by atoms with E-state index >= 15 is 0 Å². The molecule has 1 aliphatic heterocycles. The Labute approximate surface area is 114 Å². The van der Waals surface area contributed by atoms with Crippen molar-refractivity contribution in [3.63, 3.8) is 0 Å². The molecule has 0 radical (unpaired) electrons. The molecule has 0 amide bonds. The zero-order valence-corrected chi connectivity index (χ0v) is 11.6. The smallest absolute Gasteiger partial charge is 0.164 e. The van der Waals surface area contributed by atoms with Crippen molar-refractivity contribution in [2.24, 2.45) is 5.73 Å². The van der Waals surface area contributed by atoms with E-state index in [-0.39, 0.29) is 6.10 Å². The lowest BCUT2D eigenvalue weighted by Gasteiger charge is -2.25. The fraction of sp³-hybridized carbons (Fsp3) is 0.600. The highest BCUT2D eigenvalue weighted by Gasteiger charge is 2.19. The number of para-hydroxylation sites is 1. The van der Waals surface area contributed by atoms with Crippen LogP contribution in [0.1, 0.15) is 24.8 Å². The summed E-state index contributed by atoms with van der Waals surface area (Å²) in [6.07, 6.45) is 3.98. The molecule has 1 saturated heterocycles. The molecule has 2 rings (SSSR count). The highest BCUT2D eigenvalue weighted by Crippen LogP contribution is 2.33. The van der Waals surface area contributed by atoms with Crippen molar-refractivity contribution in [1.29, 1.82) is 0 Å². The molecule has 0 bridgehead atoms. The quantitative estimate of drug-likeness (QED) is 0.856. The number of hydrogen-bond donors (Lipinski definition) is 1. The second-order valence-corrected chi connectivity index (χ2v) is 4.77. The first kappa shape index (κ1) is 14.2. The molecule has 0 aliphatic carbocycles. The van der Waals surface area contributed by atoms with Crippen molar-refractivity contribution in [1.82, 2.24) is 0 Å². The van der Waals surface area contributed by atoms with E-state index in [0.29, 0.717) is 6.54 Å². The van der Waals surface area contributed by atoms with Crippen molar-refractivity contribution in [2.75, 3.05) is 26.9 Å². The molecule has 0 aromatic heterocycles. The Morgan fingerprint density at radius 3 is 2.79 bits per heavy atom. The summed E-state index contributed by atoms with van der Waals surface area (Å²) in [6, 6.07) is 6.04. The molecule has 1 heterocycles. The van der Waals surface area contributed by atoms with Crippen molar-refractivity contribution >= 4 is 0 Å². The number of methoxy groups -OCH3 is 1. The SMILES string of the molecule is COc1cccc(CCCN)c1OC1CCOCC1. The van der Waals surface area contributed by atoms with Crippen LogP contribution < -0.4 is 15.2 Å². The van der Waals surface area contributed by atoms with Gasteiger partial charge in [-0.15, -0.1) is 0 Å². The van der Waals surface area contributed by atoms with Gasteiger partial charge in [0.25, 0.3) is 0 Å². The number of rotatable bonds is 6. The van der Waals surface area contributed by atoms with E-state index in [0.717, 1.165) is 50.4 Å². The molecule has 0 saturated carbocycles. The summed E-state index contributed by atoms with van der Waals surface area (Å²) in [6.45, 7) is 2.24. The maximum Gasteiger partial charge on any atom is 0.164 e. The van der Waals surface area contributed by atoms with Gasteiger partial charge < -0.3 is 19.9 Å². The minimum Gasteiger partial charge on any atom is -0.493 e. The van der Waals surface area contributed by atoms with Crippen molar-refractivity contribution in [2.45, 2.75) is 31.8 Å². The van der Waals surface area contributed by atoms with E-state index in [4.69, 9.17) is 19.9 Å². The molecule has 1 fully saturated rings. The highest BCUT2D eigenvalue weighted by molar-refractivity contribution is 5.46. The lowest BCUT2D eigenvalue weighted by molar-refractivity contribution is 0.0241. The zero-order chi connectivity index (χ0) is 13.5. The molecule has 1 aliphatic rings. The Morgan fingerprint density at radius 2 is 2.11 bits per heavy atom. The van der Waals surface area contributed by atoms with Crippen LogP contribution in [-0.2, 0) is 11.2 Å². The highest BCUT2D eigenvalue weighted by atomic mass is 16.5. The lowest BCUT2D eigenvalue weighted by atomic mass is 10.1. The number of hydrogen-bond acceptors (Lipinski definition) is 4. The molecule has 106 valence electrons. The van der Waals surface area contributed by atoms with Gasteiger partial charge in [-0.2, -0.15) is 0 Å². The van der Waals surface area contributed by atoms with Gasteiger partial charge in [-0.05, 0) is 31.0 Å².